The van der Waals surface area contributed by atoms with Gasteiger partial charge >= 0.3 is 0 Å². The molecule has 134 valence electrons. The Labute approximate surface area is 146 Å². The number of carbonyl (C=O) groups is 3. The summed E-state index contributed by atoms with van der Waals surface area (Å²) in [4.78, 5) is 42.5. The van der Waals surface area contributed by atoms with Crippen molar-refractivity contribution in [3.63, 3.8) is 0 Å². The molecule has 1 aliphatic carbocycles. The zero-order valence-electron chi connectivity index (χ0n) is 14.6. The van der Waals surface area contributed by atoms with E-state index < -0.39 is 5.54 Å². The Hall–Kier alpha value is -2.38. The van der Waals surface area contributed by atoms with E-state index in [0.29, 0.717) is 26.1 Å². The lowest BCUT2D eigenvalue weighted by Crippen LogP contribution is -2.67. The van der Waals surface area contributed by atoms with Crippen molar-refractivity contribution in [1.82, 2.24) is 19.6 Å². The largest absolute Gasteiger partial charge is 0.340 e. The third-order valence-corrected chi connectivity index (χ3v) is 5.57. The van der Waals surface area contributed by atoms with Crippen molar-refractivity contribution in [1.29, 1.82) is 0 Å². The summed E-state index contributed by atoms with van der Waals surface area (Å²) in [5.41, 5.74) is 0.238. The molecule has 0 bridgehead atoms. The molecule has 3 amide bonds. The molecule has 1 saturated carbocycles. The second-order valence-electron chi connectivity index (χ2n) is 7.47. The number of nitrogens with zero attached hydrogens (tertiary/aromatic N) is 5. The fourth-order valence-corrected chi connectivity index (χ4v) is 4.07. The molecule has 1 unspecified atom stereocenters. The summed E-state index contributed by atoms with van der Waals surface area (Å²) in [6.07, 6.45) is 6.11. The Morgan fingerprint density at radius 2 is 2.04 bits per heavy atom. The summed E-state index contributed by atoms with van der Waals surface area (Å²) >= 11 is 0. The number of piperazine rings is 1. The number of carbonyl (C=O) groups excluding carboxylic acids is 3. The minimum atomic E-state index is -0.500. The van der Waals surface area contributed by atoms with Crippen LogP contribution in [-0.4, -0.2) is 69.0 Å². The number of hydrogen-bond acceptors (Lipinski definition) is 4. The Kier molecular flexibility index (Phi) is 3.59. The summed E-state index contributed by atoms with van der Waals surface area (Å²) in [5.74, 6) is 0.145. The summed E-state index contributed by atoms with van der Waals surface area (Å²) < 4.78 is 1.66. The number of anilines is 1. The number of aryl methyl sites for hydroxylation is 1. The van der Waals surface area contributed by atoms with Crippen LogP contribution in [0.25, 0.3) is 0 Å². The van der Waals surface area contributed by atoms with Crippen LogP contribution in [0.3, 0.4) is 0 Å². The van der Waals surface area contributed by atoms with Gasteiger partial charge in [0.15, 0.2) is 0 Å². The van der Waals surface area contributed by atoms with Gasteiger partial charge < -0.3 is 14.7 Å². The van der Waals surface area contributed by atoms with Crippen LogP contribution in [0.4, 0.5) is 5.69 Å². The molecule has 0 aromatic carbocycles. The molecule has 1 atom stereocenters. The molecule has 8 nitrogen and oxygen atoms in total. The summed E-state index contributed by atoms with van der Waals surface area (Å²) in [6.45, 7) is 3.11. The lowest BCUT2D eigenvalue weighted by atomic mass is 9.92. The van der Waals surface area contributed by atoms with Crippen molar-refractivity contribution in [3.8, 4) is 0 Å². The topological polar surface area (TPSA) is 78.8 Å². The lowest BCUT2D eigenvalue weighted by molar-refractivity contribution is -0.143. The summed E-state index contributed by atoms with van der Waals surface area (Å²) in [7, 11) is 1.81. The lowest BCUT2D eigenvalue weighted by Gasteiger charge is -2.47. The molecule has 1 aromatic heterocycles. The Morgan fingerprint density at radius 1 is 1.28 bits per heavy atom. The molecule has 2 aliphatic heterocycles. The van der Waals surface area contributed by atoms with Crippen LogP contribution < -0.4 is 4.90 Å². The predicted octanol–water partition coefficient (Wildman–Crippen LogP) is -0.00370. The number of rotatable bonds is 2. The SMILES string of the molecule is CC(=O)N1CC(=O)N(c2cnn(C)c2)CC12CCN(C(=O)C1CC1)C2. The second kappa shape index (κ2) is 5.57. The number of amides is 3. The standard InChI is InChI=1S/C17H23N5O3/c1-12(23)22-9-15(24)21(14-7-18-19(2)8-14)11-17(22)5-6-20(10-17)16(25)13-3-4-13/h7-8,13H,3-6,9-11H2,1-2H3. The molecule has 1 spiro atoms. The minimum absolute atomic E-state index is 0.0513. The molecule has 0 N–H and O–H groups in total. The van der Waals surface area contributed by atoms with Crippen LogP contribution in [0.15, 0.2) is 12.4 Å². The normalized spacial score (nSPS) is 26.6. The first-order valence-electron chi connectivity index (χ1n) is 8.76. The van der Waals surface area contributed by atoms with Crippen molar-refractivity contribution < 1.29 is 14.4 Å². The van der Waals surface area contributed by atoms with Crippen molar-refractivity contribution in [2.45, 2.75) is 31.7 Å². The molecule has 2 saturated heterocycles. The van der Waals surface area contributed by atoms with Crippen LogP contribution in [-0.2, 0) is 21.4 Å². The van der Waals surface area contributed by atoms with E-state index >= 15 is 0 Å². The maximum absolute atomic E-state index is 12.6. The molecule has 25 heavy (non-hydrogen) atoms. The second-order valence-corrected chi connectivity index (χ2v) is 7.47. The third kappa shape index (κ3) is 2.69. The average Bonchev–Trinajstić information content (AvgIpc) is 3.21. The first-order valence-corrected chi connectivity index (χ1v) is 8.76. The van der Waals surface area contributed by atoms with Crippen molar-refractivity contribution >= 4 is 23.4 Å². The summed E-state index contributed by atoms with van der Waals surface area (Å²) in [6, 6.07) is 0. The fraction of sp³-hybridized carbons (Fsp3) is 0.647. The van der Waals surface area contributed by atoms with Gasteiger partial charge in [-0.15, -0.1) is 0 Å². The van der Waals surface area contributed by atoms with Gasteiger partial charge in [0.25, 0.3) is 0 Å². The van der Waals surface area contributed by atoms with E-state index in [1.54, 1.807) is 33.9 Å². The monoisotopic (exact) mass is 345 g/mol. The van der Waals surface area contributed by atoms with Gasteiger partial charge in [-0.2, -0.15) is 5.10 Å². The molecule has 3 aliphatic rings. The van der Waals surface area contributed by atoms with Gasteiger partial charge in [-0.05, 0) is 19.3 Å². The first kappa shape index (κ1) is 16.1. The molecule has 4 rings (SSSR count). The third-order valence-electron chi connectivity index (χ3n) is 5.57. The predicted molar refractivity (Wildman–Crippen MR) is 89.6 cm³/mol. The molecule has 8 heteroatoms. The van der Waals surface area contributed by atoms with Gasteiger partial charge in [-0.1, -0.05) is 0 Å². The number of hydrogen-bond donors (Lipinski definition) is 0. The number of likely N-dealkylation sites (tertiary alicyclic amines) is 1. The van der Waals surface area contributed by atoms with Gasteiger partial charge in [0.2, 0.25) is 17.7 Å². The van der Waals surface area contributed by atoms with E-state index in [1.807, 2.05) is 4.90 Å². The van der Waals surface area contributed by atoms with E-state index in [4.69, 9.17) is 0 Å². The Morgan fingerprint density at radius 3 is 2.64 bits per heavy atom. The Balaban J connectivity index is 1.61. The molecule has 1 aromatic rings. The smallest absolute Gasteiger partial charge is 0.246 e. The zero-order valence-corrected chi connectivity index (χ0v) is 14.6. The highest BCUT2D eigenvalue weighted by Gasteiger charge is 2.52. The van der Waals surface area contributed by atoms with E-state index in [2.05, 4.69) is 5.10 Å². The van der Waals surface area contributed by atoms with E-state index in [1.165, 1.54) is 6.92 Å². The first-order chi connectivity index (χ1) is 11.9. The van der Waals surface area contributed by atoms with E-state index in [9.17, 15) is 14.4 Å². The van der Waals surface area contributed by atoms with Crippen molar-refractivity contribution in [3.05, 3.63) is 12.4 Å². The van der Waals surface area contributed by atoms with Crippen LogP contribution in [0, 0.1) is 5.92 Å². The summed E-state index contributed by atoms with van der Waals surface area (Å²) in [5, 5.41) is 4.15. The quantitative estimate of drug-likeness (QED) is 0.756. The van der Waals surface area contributed by atoms with Crippen molar-refractivity contribution in [2.75, 3.05) is 31.1 Å². The van der Waals surface area contributed by atoms with Gasteiger partial charge in [-0.25, -0.2) is 0 Å². The fourth-order valence-electron chi connectivity index (χ4n) is 4.07. The Bertz CT molecular complexity index is 740. The molecule has 3 fully saturated rings. The molecular weight excluding hydrogens is 322 g/mol. The van der Waals surface area contributed by atoms with Crippen LogP contribution in [0.5, 0.6) is 0 Å². The van der Waals surface area contributed by atoms with Gasteiger partial charge in [0, 0.05) is 39.2 Å². The maximum atomic E-state index is 12.6. The highest BCUT2D eigenvalue weighted by molar-refractivity contribution is 5.98. The highest BCUT2D eigenvalue weighted by atomic mass is 16.2. The van der Waals surface area contributed by atoms with Crippen LogP contribution in [0.1, 0.15) is 26.2 Å². The van der Waals surface area contributed by atoms with E-state index in [-0.39, 0.29) is 30.2 Å². The molecular formula is C17H23N5O3. The zero-order chi connectivity index (χ0) is 17.8. The number of aromatic nitrogens is 2. The van der Waals surface area contributed by atoms with E-state index in [0.717, 1.165) is 18.5 Å². The van der Waals surface area contributed by atoms with Crippen LogP contribution in [0.2, 0.25) is 0 Å². The molecule has 3 heterocycles. The highest BCUT2D eigenvalue weighted by Crippen LogP contribution is 2.38. The van der Waals surface area contributed by atoms with Gasteiger partial charge in [0.1, 0.15) is 6.54 Å². The average molecular weight is 345 g/mol. The maximum Gasteiger partial charge on any atom is 0.246 e. The minimum Gasteiger partial charge on any atom is -0.340 e. The van der Waals surface area contributed by atoms with Crippen LogP contribution >= 0.6 is 0 Å². The van der Waals surface area contributed by atoms with Crippen molar-refractivity contribution in [2.24, 2.45) is 13.0 Å². The van der Waals surface area contributed by atoms with Gasteiger partial charge in [-0.3, -0.25) is 19.1 Å². The van der Waals surface area contributed by atoms with Gasteiger partial charge in [0.05, 0.1) is 24.0 Å². The molecule has 0 radical (unpaired) electrons.